The lowest BCUT2D eigenvalue weighted by Gasteiger charge is -2.12. The normalized spacial score (nSPS) is 12.0. The molecule has 0 amide bonds. The number of methoxy groups -OCH3 is 1. The summed E-state index contributed by atoms with van der Waals surface area (Å²) in [6, 6.07) is 20.3. The van der Waals surface area contributed by atoms with Crippen LogP contribution in [0.15, 0.2) is 60.7 Å². The fraction of sp³-hybridized carbons (Fsp3) is 0.269. The maximum Gasteiger partial charge on any atom is 0.121 e. The van der Waals surface area contributed by atoms with Gasteiger partial charge in [0.1, 0.15) is 29.7 Å². The first-order chi connectivity index (χ1) is 15.1. The number of benzene rings is 3. The minimum absolute atomic E-state index is 0.137. The number of ether oxygens (including phenoxy) is 3. The van der Waals surface area contributed by atoms with E-state index in [9.17, 15) is 0 Å². The van der Waals surface area contributed by atoms with Crippen molar-refractivity contribution in [1.29, 1.82) is 0 Å². The van der Waals surface area contributed by atoms with E-state index in [0.717, 1.165) is 45.2 Å². The molecule has 31 heavy (non-hydrogen) atoms. The second-order valence-corrected chi connectivity index (χ2v) is 7.67. The van der Waals surface area contributed by atoms with Crippen LogP contribution in [0.2, 0.25) is 0 Å². The summed E-state index contributed by atoms with van der Waals surface area (Å²) in [5, 5.41) is 0. The van der Waals surface area contributed by atoms with Crippen LogP contribution in [0.4, 0.5) is 0 Å². The molecule has 1 heterocycles. The fourth-order valence-electron chi connectivity index (χ4n) is 3.67. The highest BCUT2D eigenvalue weighted by Crippen LogP contribution is 2.28. The molecular weight excluding hydrogens is 388 g/mol. The van der Waals surface area contributed by atoms with Crippen molar-refractivity contribution in [3.05, 3.63) is 83.2 Å². The quantitative estimate of drug-likeness (QED) is 0.382. The van der Waals surface area contributed by atoms with E-state index >= 15 is 0 Å². The van der Waals surface area contributed by atoms with Gasteiger partial charge in [-0.25, -0.2) is 4.98 Å². The first-order valence-corrected chi connectivity index (χ1v) is 10.6. The Morgan fingerprint density at radius 3 is 2.42 bits per heavy atom. The molecule has 0 aliphatic heterocycles. The van der Waals surface area contributed by atoms with Crippen LogP contribution in [-0.2, 0) is 6.61 Å². The van der Waals surface area contributed by atoms with Crippen molar-refractivity contribution in [2.75, 3.05) is 13.7 Å². The average molecular weight is 417 g/mol. The lowest BCUT2D eigenvalue weighted by Crippen LogP contribution is -2.00. The number of nitrogens with one attached hydrogen (secondary N) is 1. The number of H-pyrrole nitrogens is 1. The number of aryl methyl sites for hydroxylation is 1. The van der Waals surface area contributed by atoms with Gasteiger partial charge in [0.05, 0.1) is 24.8 Å². The summed E-state index contributed by atoms with van der Waals surface area (Å²) in [7, 11) is 1.68. The van der Waals surface area contributed by atoms with Gasteiger partial charge >= 0.3 is 0 Å². The van der Waals surface area contributed by atoms with Crippen LogP contribution in [0.25, 0.3) is 11.0 Å². The van der Waals surface area contributed by atoms with Crippen LogP contribution in [0.5, 0.6) is 17.2 Å². The lowest BCUT2D eigenvalue weighted by molar-refractivity contribution is 0.305. The number of nitrogens with zero attached hydrogens (tertiary/aromatic N) is 1. The molecule has 0 bridgehead atoms. The average Bonchev–Trinajstić information content (AvgIpc) is 3.21. The number of imidazole rings is 1. The van der Waals surface area contributed by atoms with Gasteiger partial charge in [-0.15, -0.1) is 0 Å². The van der Waals surface area contributed by atoms with Crippen LogP contribution in [0.1, 0.15) is 42.3 Å². The van der Waals surface area contributed by atoms with Crippen molar-refractivity contribution in [2.45, 2.75) is 33.3 Å². The molecule has 1 unspecified atom stereocenters. The van der Waals surface area contributed by atoms with Gasteiger partial charge in [-0.3, -0.25) is 0 Å². The van der Waals surface area contributed by atoms with Gasteiger partial charge < -0.3 is 19.2 Å². The van der Waals surface area contributed by atoms with Crippen LogP contribution in [-0.4, -0.2) is 23.7 Å². The Kier molecular flexibility index (Phi) is 6.12. The van der Waals surface area contributed by atoms with Crippen molar-refractivity contribution in [3.8, 4) is 17.2 Å². The highest BCUT2D eigenvalue weighted by Gasteiger charge is 2.14. The first-order valence-electron chi connectivity index (χ1n) is 10.6. The van der Waals surface area contributed by atoms with Crippen LogP contribution < -0.4 is 14.2 Å². The Balaban J connectivity index is 1.45. The van der Waals surface area contributed by atoms with Crippen molar-refractivity contribution in [2.24, 2.45) is 0 Å². The van der Waals surface area contributed by atoms with Gasteiger partial charge in [0.25, 0.3) is 0 Å². The van der Waals surface area contributed by atoms with Crippen LogP contribution in [0.3, 0.4) is 0 Å². The molecule has 0 aliphatic carbocycles. The Morgan fingerprint density at radius 2 is 1.68 bits per heavy atom. The fourth-order valence-corrected chi connectivity index (χ4v) is 3.67. The Bertz CT molecular complexity index is 1170. The predicted molar refractivity (Wildman–Crippen MR) is 123 cm³/mol. The minimum Gasteiger partial charge on any atom is -0.497 e. The molecule has 1 N–H and O–H groups in total. The smallest absolute Gasteiger partial charge is 0.121 e. The van der Waals surface area contributed by atoms with Gasteiger partial charge in [-0.05, 0) is 66.9 Å². The molecule has 5 heteroatoms. The Hall–Kier alpha value is -3.47. The molecule has 1 aromatic heterocycles. The third-order valence-electron chi connectivity index (χ3n) is 5.33. The maximum atomic E-state index is 5.98. The largest absolute Gasteiger partial charge is 0.497 e. The lowest BCUT2D eigenvalue weighted by atomic mass is 10.0. The summed E-state index contributed by atoms with van der Waals surface area (Å²) >= 11 is 0. The molecule has 0 spiro atoms. The van der Waals surface area contributed by atoms with E-state index < -0.39 is 0 Å². The van der Waals surface area contributed by atoms with E-state index in [-0.39, 0.29) is 5.92 Å². The zero-order valence-electron chi connectivity index (χ0n) is 18.4. The molecular formula is C26H28N2O3. The Morgan fingerprint density at radius 1 is 0.903 bits per heavy atom. The summed E-state index contributed by atoms with van der Waals surface area (Å²) in [4.78, 5) is 8.21. The second kappa shape index (κ2) is 9.13. The van der Waals surface area contributed by atoms with Crippen molar-refractivity contribution in [3.63, 3.8) is 0 Å². The van der Waals surface area contributed by atoms with Crippen LogP contribution >= 0.6 is 0 Å². The topological polar surface area (TPSA) is 56.4 Å². The van der Waals surface area contributed by atoms with Crippen molar-refractivity contribution >= 4 is 11.0 Å². The van der Waals surface area contributed by atoms with Gasteiger partial charge in [0, 0.05) is 12.0 Å². The minimum atomic E-state index is 0.137. The van der Waals surface area contributed by atoms with Crippen molar-refractivity contribution in [1.82, 2.24) is 9.97 Å². The first kappa shape index (κ1) is 20.8. The summed E-state index contributed by atoms with van der Waals surface area (Å²) in [6.45, 7) is 7.32. The van der Waals surface area contributed by atoms with E-state index in [1.54, 1.807) is 7.11 Å². The monoisotopic (exact) mass is 416 g/mol. The van der Waals surface area contributed by atoms with E-state index in [1.165, 1.54) is 5.56 Å². The van der Waals surface area contributed by atoms with Gasteiger partial charge in [0.15, 0.2) is 0 Å². The third-order valence-corrected chi connectivity index (χ3v) is 5.33. The SMILES string of the molecule is CCOc1ccc2[nH]c(C(C)c3ccc(OCc4cc(C)cc(OC)c4)cc3)nc2c1. The number of aromatic nitrogens is 2. The molecule has 0 aliphatic rings. The van der Waals surface area contributed by atoms with Crippen LogP contribution in [0, 0.1) is 6.92 Å². The summed E-state index contributed by atoms with van der Waals surface area (Å²) < 4.78 is 16.9. The molecule has 0 radical (unpaired) electrons. The number of rotatable bonds is 8. The van der Waals surface area contributed by atoms with Crippen molar-refractivity contribution < 1.29 is 14.2 Å². The molecule has 3 aromatic carbocycles. The predicted octanol–water partition coefficient (Wildman–Crippen LogP) is 6.01. The number of fused-ring (bicyclic) bond motifs is 1. The number of aromatic amines is 1. The number of hydrogen-bond donors (Lipinski definition) is 1. The maximum absolute atomic E-state index is 5.98. The third kappa shape index (κ3) is 4.82. The molecule has 5 nitrogen and oxygen atoms in total. The highest BCUT2D eigenvalue weighted by molar-refractivity contribution is 5.77. The standard InChI is InChI=1S/C26H28N2O3/c1-5-30-22-10-11-24-25(15-22)28-26(27-24)18(3)20-6-8-21(9-7-20)31-16-19-12-17(2)13-23(14-19)29-4/h6-15,18H,5,16H2,1-4H3,(H,27,28). The van der Waals surface area contributed by atoms with Gasteiger partial charge in [-0.2, -0.15) is 0 Å². The molecule has 4 rings (SSSR count). The summed E-state index contributed by atoms with van der Waals surface area (Å²) in [5.41, 5.74) is 5.35. The highest BCUT2D eigenvalue weighted by atomic mass is 16.5. The van der Waals surface area contributed by atoms with E-state index in [4.69, 9.17) is 19.2 Å². The van der Waals surface area contributed by atoms with E-state index in [2.05, 4.69) is 37.0 Å². The van der Waals surface area contributed by atoms with Gasteiger partial charge in [0.2, 0.25) is 0 Å². The zero-order valence-corrected chi connectivity index (χ0v) is 18.4. The molecule has 160 valence electrons. The van der Waals surface area contributed by atoms with E-state index in [1.807, 2.05) is 49.4 Å². The second-order valence-electron chi connectivity index (χ2n) is 7.67. The van der Waals surface area contributed by atoms with Gasteiger partial charge in [-0.1, -0.05) is 25.1 Å². The zero-order chi connectivity index (χ0) is 21.8. The Labute approximate surface area is 183 Å². The van der Waals surface area contributed by atoms with E-state index in [0.29, 0.717) is 13.2 Å². The molecule has 0 saturated carbocycles. The molecule has 0 saturated heterocycles. The molecule has 0 fully saturated rings. The summed E-state index contributed by atoms with van der Waals surface area (Å²) in [5.74, 6) is 3.60. The molecule has 1 atom stereocenters. The number of hydrogen-bond acceptors (Lipinski definition) is 4. The molecule has 4 aromatic rings. The summed E-state index contributed by atoms with van der Waals surface area (Å²) in [6.07, 6.45) is 0.